The molecule has 0 aliphatic rings. The van der Waals surface area contributed by atoms with E-state index in [2.05, 4.69) is 5.32 Å². The molecule has 0 radical (unpaired) electrons. The summed E-state index contributed by atoms with van der Waals surface area (Å²) in [6, 6.07) is 6.90. The molecule has 0 aromatic heterocycles. The predicted molar refractivity (Wildman–Crippen MR) is 64.0 cm³/mol. The summed E-state index contributed by atoms with van der Waals surface area (Å²) in [7, 11) is 0. The zero-order chi connectivity index (χ0) is 12.2. The first kappa shape index (κ1) is 12.6. The summed E-state index contributed by atoms with van der Waals surface area (Å²) >= 11 is 0. The fourth-order valence-electron chi connectivity index (χ4n) is 1.25. The van der Waals surface area contributed by atoms with Crippen LogP contribution >= 0.6 is 0 Å². The molecule has 0 saturated carbocycles. The summed E-state index contributed by atoms with van der Waals surface area (Å²) in [5.41, 5.74) is 0.567. The maximum absolute atomic E-state index is 11.8. The lowest BCUT2D eigenvalue weighted by molar-refractivity contribution is -0.129. The van der Waals surface area contributed by atoms with Crippen molar-refractivity contribution in [3.8, 4) is 5.75 Å². The van der Waals surface area contributed by atoms with Crippen molar-refractivity contribution in [1.29, 1.82) is 0 Å². The van der Waals surface area contributed by atoms with E-state index in [1.165, 1.54) is 0 Å². The zero-order valence-electron chi connectivity index (χ0n) is 10.1. The Kier molecular flexibility index (Phi) is 3.93. The number of carbonyl (C=O) groups excluding carboxylic acids is 1. The third-order valence-electron chi connectivity index (χ3n) is 2.86. The molecule has 0 unspecified atom stereocenters. The van der Waals surface area contributed by atoms with Crippen LogP contribution < -0.4 is 5.32 Å². The van der Waals surface area contributed by atoms with Gasteiger partial charge in [0.05, 0.1) is 0 Å². The molecule has 2 N–H and O–H groups in total. The number of hydrogen-bond donors (Lipinski definition) is 2. The number of nitrogens with one attached hydrogen (secondary N) is 1. The highest BCUT2D eigenvalue weighted by molar-refractivity contribution is 5.81. The van der Waals surface area contributed by atoms with Gasteiger partial charge in [-0.3, -0.25) is 4.79 Å². The van der Waals surface area contributed by atoms with Crippen molar-refractivity contribution in [2.75, 3.05) is 0 Å². The van der Waals surface area contributed by atoms with E-state index in [-0.39, 0.29) is 17.1 Å². The third-order valence-corrected chi connectivity index (χ3v) is 2.86. The lowest BCUT2D eigenvalue weighted by Gasteiger charge is -2.21. The van der Waals surface area contributed by atoms with Crippen molar-refractivity contribution < 1.29 is 9.90 Å². The van der Waals surface area contributed by atoms with Gasteiger partial charge in [0.1, 0.15) is 5.75 Å². The van der Waals surface area contributed by atoms with Gasteiger partial charge in [-0.05, 0) is 24.1 Å². The molecule has 1 aromatic carbocycles. The molecular formula is C13H19NO2. The van der Waals surface area contributed by atoms with Crippen molar-refractivity contribution >= 4 is 5.91 Å². The average molecular weight is 221 g/mol. The summed E-state index contributed by atoms with van der Waals surface area (Å²) in [6.07, 6.45) is 0.804. The Morgan fingerprint density at radius 1 is 1.44 bits per heavy atom. The maximum atomic E-state index is 11.8. The zero-order valence-corrected chi connectivity index (χ0v) is 10.1. The van der Waals surface area contributed by atoms with E-state index in [9.17, 15) is 9.90 Å². The Morgan fingerprint density at radius 2 is 2.12 bits per heavy atom. The number of amides is 1. The van der Waals surface area contributed by atoms with E-state index >= 15 is 0 Å². The Balaban J connectivity index is 2.56. The Labute approximate surface area is 96.5 Å². The molecule has 1 aromatic rings. The van der Waals surface area contributed by atoms with Gasteiger partial charge in [-0.15, -0.1) is 0 Å². The summed E-state index contributed by atoms with van der Waals surface area (Å²) < 4.78 is 0. The molecule has 16 heavy (non-hydrogen) atoms. The predicted octanol–water partition coefficient (Wildman–Crippen LogP) is 2.44. The van der Waals surface area contributed by atoms with Crippen LogP contribution in [0.5, 0.6) is 5.75 Å². The molecule has 0 saturated heterocycles. The summed E-state index contributed by atoms with van der Waals surface area (Å²) in [4.78, 5) is 11.8. The first-order chi connectivity index (χ1) is 7.45. The molecular weight excluding hydrogens is 202 g/mol. The molecule has 0 aliphatic carbocycles. The first-order valence-corrected chi connectivity index (χ1v) is 5.52. The summed E-state index contributed by atoms with van der Waals surface area (Å²) in [5.74, 6) is 0.264. The van der Waals surface area contributed by atoms with Gasteiger partial charge in [-0.1, -0.05) is 32.9 Å². The fourth-order valence-corrected chi connectivity index (χ4v) is 1.25. The first-order valence-electron chi connectivity index (χ1n) is 5.52. The number of rotatable bonds is 4. The van der Waals surface area contributed by atoms with E-state index < -0.39 is 0 Å². The summed E-state index contributed by atoms with van der Waals surface area (Å²) in [6.45, 7) is 6.29. The Bertz CT molecular complexity index is 372. The second-order valence-corrected chi connectivity index (χ2v) is 4.59. The molecule has 0 bridgehead atoms. The number of phenols is 1. The molecule has 1 rings (SSSR count). The van der Waals surface area contributed by atoms with Gasteiger partial charge in [0, 0.05) is 12.0 Å². The minimum absolute atomic E-state index is 0.0401. The molecule has 0 spiro atoms. The number of aromatic hydroxyl groups is 1. The van der Waals surface area contributed by atoms with E-state index in [1.807, 2.05) is 26.8 Å². The van der Waals surface area contributed by atoms with Crippen molar-refractivity contribution in [3.63, 3.8) is 0 Å². The average Bonchev–Trinajstić information content (AvgIpc) is 2.26. The largest absolute Gasteiger partial charge is 0.508 e. The quantitative estimate of drug-likeness (QED) is 0.820. The SMILES string of the molecule is CCC(C)(C)C(=O)NCc1cccc(O)c1. The second-order valence-electron chi connectivity index (χ2n) is 4.59. The number of benzene rings is 1. The van der Waals surface area contributed by atoms with Crippen LogP contribution in [0, 0.1) is 5.41 Å². The normalized spacial score (nSPS) is 11.2. The highest BCUT2D eigenvalue weighted by atomic mass is 16.3. The smallest absolute Gasteiger partial charge is 0.225 e. The molecule has 0 atom stereocenters. The van der Waals surface area contributed by atoms with Crippen LogP contribution in [-0.4, -0.2) is 11.0 Å². The van der Waals surface area contributed by atoms with E-state index in [0.717, 1.165) is 12.0 Å². The lowest BCUT2D eigenvalue weighted by Crippen LogP contribution is -2.35. The maximum Gasteiger partial charge on any atom is 0.225 e. The van der Waals surface area contributed by atoms with Gasteiger partial charge in [-0.2, -0.15) is 0 Å². The van der Waals surface area contributed by atoms with Crippen molar-refractivity contribution in [2.45, 2.75) is 33.7 Å². The van der Waals surface area contributed by atoms with Crippen LogP contribution in [0.25, 0.3) is 0 Å². The third kappa shape index (κ3) is 3.26. The standard InChI is InChI=1S/C13H19NO2/c1-4-13(2,3)12(16)14-9-10-6-5-7-11(15)8-10/h5-8,15H,4,9H2,1-3H3,(H,14,16). The van der Waals surface area contributed by atoms with Crippen LogP contribution in [0.15, 0.2) is 24.3 Å². The highest BCUT2D eigenvalue weighted by Gasteiger charge is 2.24. The van der Waals surface area contributed by atoms with Gasteiger partial charge < -0.3 is 10.4 Å². The number of carbonyl (C=O) groups is 1. The van der Waals surface area contributed by atoms with Crippen LogP contribution in [0.4, 0.5) is 0 Å². The minimum atomic E-state index is -0.336. The minimum Gasteiger partial charge on any atom is -0.508 e. The van der Waals surface area contributed by atoms with Crippen molar-refractivity contribution in [3.05, 3.63) is 29.8 Å². The number of hydrogen-bond acceptors (Lipinski definition) is 2. The van der Waals surface area contributed by atoms with Gasteiger partial charge in [-0.25, -0.2) is 0 Å². The molecule has 3 heteroatoms. The van der Waals surface area contributed by atoms with Crippen LogP contribution in [0.1, 0.15) is 32.8 Å². The molecule has 0 fully saturated rings. The van der Waals surface area contributed by atoms with E-state index in [4.69, 9.17) is 0 Å². The fraction of sp³-hybridized carbons (Fsp3) is 0.462. The highest BCUT2D eigenvalue weighted by Crippen LogP contribution is 2.19. The van der Waals surface area contributed by atoms with Gasteiger partial charge in [0.25, 0.3) is 0 Å². The topological polar surface area (TPSA) is 49.3 Å². The second kappa shape index (κ2) is 5.01. The van der Waals surface area contributed by atoms with Crippen molar-refractivity contribution in [2.24, 2.45) is 5.41 Å². The molecule has 3 nitrogen and oxygen atoms in total. The van der Waals surface area contributed by atoms with Gasteiger partial charge in [0.15, 0.2) is 0 Å². The van der Waals surface area contributed by atoms with Gasteiger partial charge in [0.2, 0.25) is 5.91 Å². The van der Waals surface area contributed by atoms with E-state index in [1.54, 1.807) is 18.2 Å². The van der Waals surface area contributed by atoms with E-state index in [0.29, 0.717) is 6.54 Å². The van der Waals surface area contributed by atoms with Crippen LogP contribution in [0.2, 0.25) is 0 Å². The van der Waals surface area contributed by atoms with Crippen LogP contribution in [-0.2, 0) is 11.3 Å². The van der Waals surface area contributed by atoms with Crippen molar-refractivity contribution in [1.82, 2.24) is 5.32 Å². The van der Waals surface area contributed by atoms with Crippen LogP contribution in [0.3, 0.4) is 0 Å². The Hall–Kier alpha value is -1.51. The monoisotopic (exact) mass is 221 g/mol. The lowest BCUT2D eigenvalue weighted by atomic mass is 9.89. The molecule has 1 amide bonds. The van der Waals surface area contributed by atoms with Gasteiger partial charge >= 0.3 is 0 Å². The Morgan fingerprint density at radius 3 is 2.69 bits per heavy atom. The number of phenolic OH excluding ortho intramolecular Hbond substituents is 1. The summed E-state index contributed by atoms with van der Waals surface area (Å²) in [5, 5.41) is 12.1. The molecule has 0 heterocycles. The molecule has 0 aliphatic heterocycles. The molecule has 88 valence electrons.